The second-order valence-electron chi connectivity index (χ2n) is 12.7. The molecular formula is C39H46N4O8. The quantitative estimate of drug-likeness (QED) is 0.107. The summed E-state index contributed by atoms with van der Waals surface area (Å²) >= 11 is 0. The van der Waals surface area contributed by atoms with Crippen LogP contribution in [0.5, 0.6) is 0 Å². The molecule has 270 valence electrons. The number of carboxylic acids is 1. The third-order valence-electron chi connectivity index (χ3n) is 7.69. The van der Waals surface area contributed by atoms with Crippen LogP contribution in [0.3, 0.4) is 0 Å². The molecule has 3 N–H and O–H groups in total. The van der Waals surface area contributed by atoms with Gasteiger partial charge in [0.15, 0.2) is 0 Å². The molecule has 12 nitrogen and oxygen atoms in total. The lowest BCUT2D eigenvalue weighted by Gasteiger charge is -2.27. The second-order valence-corrected chi connectivity index (χ2v) is 12.7. The number of carbonyl (C=O) groups is 5. The van der Waals surface area contributed by atoms with Gasteiger partial charge in [-0.15, -0.1) is 0 Å². The van der Waals surface area contributed by atoms with Gasteiger partial charge in [-0.05, 0) is 92.4 Å². The summed E-state index contributed by atoms with van der Waals surface area (Å²) in [6.07, 6.45) is 2.63. The summed E-state index contributed by atoms with van der Waals surface area (Å²) in [5, 5.41) is 16.6. The number of hydrogen-bond donors (Lipinski definition) is 3. The van der Waals surface area contributed by atoms with Crippen LogP contribution in [0.4, 0.5) is 10.6 Å². The van der Waals surface area contributed by atoms with Crippen LogP contribution in [0.15, 0.2) is 79.0 Å². The number of benzene rings is 3. The van der Waals surface area contributed by atoms with Gasteiger partial charge in [0, 0.05) is 25.2 Å². The normalized spacial score (nSPS) is 11.4. The van der Waals surface area contributed by atoms with E-state index in [1.807, 2.05) is 67.6 Å². The molecule has 4 rings (SSSR count). The van der Waals surface area contributed by atoms with Crippen molar-refractivity contribution >= 4 is 46.8 Å². The van der Waals surface area contributed by atoms with Crippen LogP contribution < -0.4 is 15.5 Å². The minimum atomic E-state index is -0.937. The minimum absolute atomic E-state index is 0.00590. The first-order valence-corrected chi connectivity index (χ1v) is 16.5. The SMILES string of the molecule is CN[C@@H](CC(=O)OC)c1ccc(-c2ccc(C(=O)O)c3ccccc23)cc1.Cc1ccnc(N(CCCC(=O)NCC=O)C(=O)OC(C)(C)C)c1. The number of ether oxygens (including phenoxy) is 2. The van der Waals surface area contributed by atoms with E-state index in [1.165, 1.54) is 12.0 Å². The zero-order valence-corrected chi connectivity index (χ0v) is 29.9. The molecule has 0 bridgehead atoms. The molecule has 0 spiro atoms. The first-order valence-electron chi connectivity index (χ1n) is 16.5. The number of esters is 1. The fraction of sp³-hybridized carbons (Fsp3) is 0.333. The molecule has 0 aliphatic heterocycles. The Morgan fingerprint density at radius 3 is 2.25 bits per heavy atom. The van der Waals surface area contributed by atoms with E-state index >= 15 is 0 Å². The Labute approximate surface area is 298 Å². The highest BCUT2D eigenvalue weighted by Crippen LogP contribution is 2.32. The summed E-state index contributed by atoms with van der Waals surface area (Å²) in [6.45, 7) is 7.57. The molecule has 0 fully saturated rings. The number of hydrogen-bond acceptors (Lipinski definition) is 9. The molecule has 1 heterocycles. The van der Waals surface area contributed by atoms with Crippen LogP contribution in [0.1, 0.15) is 67.6 Å². The van der Waals surface area contributed by atoms with Crippen molar-refractivity contribution < 1.29 is 38.6 Å². The lowest BCUT2D eigenvalue weighted by atomic mass is 9.93. The summed E-state index contributed by atoms with van der Waals surface area (Å²) in [7, 11) is 3.18. The van der Waals surface area contributed by atoms with Crippen molar-refractivity contribution in [3.05, 3.63) is 95.7 Å². The molecule has 0 saturated heterocycles. The fourth-order valence-electron chi connectivity index (χ4n) is 5.19. The first-order chi connectivity index (χ1) is 24.3. The predicted octanol–water partition coefficient (Wildman–Crippen LogP) is 6.26. The molecular weight excluding hydrogens is 652 g/mol. The van der Waals surface area contributed by atoms with Crippen LogP contribution in [0, 0.1) is 6.92 Å². The summed E-state index contributed by atoms with van der Waals surface area (Å²) in [6, 6.07) is 22.4. The Balaban J connectivity index is 0.000000278. The smallest absolute Gasteiger partial charge is 0.416 e. The van der Waals surface area contributed by atoms with Gasteiger partial charge in [0.05, 0.1) is 25.6 Å². The molecule has 2 amide bonds. The predicted molar refractivity (Wildman–Crippen MR) is 196 cm³/mol. The van der Waals surface area contributed by atoms with Gasteiger partial charge in [-0.25, -0.2) is 14.6 Å². The van der Waals surface area contributed by atoms with E-state index in [0.717, 1.165) is 27.6 Å². The standard InChI is InChI=1S/C22H21NO4.C17H25N3O4/c1-23-20(13-21(24)27-2)15-9-7-14(8-10-15)16-11-12-19(22(25)26)18-6-4-3-5-17(16)18;1-13-7-8-18-14(12-13)20(16(23)24-17(2,3)4)10-5-6-15(22)19-9-11-21/h3-12,20,23H,13H2,1-2H3,(H,25,26);7-8,11-12H,5-6,9-10H2,1-4H3,(H,19,22)/t20-;/m0./s1. The van der Waals surface area contributed by atoms with E-state index in [4.69, 9.17) is 9.47 Å². The monoisotopic (exact) mass is 698 g/mol. The van der Waals surface area contributed by atoms with Gasteiger partial charge >= 0.3 is 18.0 Å². The molecule has 0 radical (unpaired) electrons. The average molecular weight is 699 g/mol. The summed E-state index contributed by atoms with van der Waals surface area (Å²) in [5.74, 6) is -0.956. The van der Waals surface area contributed by atoms with Gasteiger partial charge in [-0.1, -0.05) is 54.6 Å². The van der Waals surface area contributed by atoms with Gasteiger partial charge in [0.2, 0.25) is 5.91 Å². The third kappa shape index (κ3) is 12.0. The number of aromatic nitrogens is 1. The number of carboxylic acid groups (broad SMARTS) is 1. The molecule has 1 aromatic heterocycles. The highest BCUT2D eigenvalue weighted by Gasteiger charge is 2.24. The van der Waals surface area contributed by atoms with Gasteiger partial charge in [0.1, 0.15) is 17.7 Å². The number of nitrogens with zero attached hydrogens (tertiary/aromatic N) is 2. The minimum Gasteiger partial charge on any atom is -0.478 e. The molecule has 12 heteroatoms. The van der Waals surface area contributed by atoms with E-state index in [1.54, 1.807) is 46.1 Å². The zero-order chi connectivity index (χ0) is 37.6. The largest absolute Gasteiger partial charge is 0.478 e. The number of anilines is 1. The highest BCUT2D eigenvalue weighted by molar-refractivity contribution is 6.08. The summed E-state index contributed by atoms with van der Waals surface area (Å²) in [5.41, 5.74) is 3.58. The Kier molecular flexibility index (Phi) is 14.8. The van der Waals surface area contributed by atoms with E-state index in [0.29, 0.717) is 36.0 Å². The number of aromatic carboxylic acids is 1. The maximum atomic E-state index is 12.4. The number of aldehydes is 1. The Bertz CT molecular complexity index is 1820. The van der Waals surface area contributed by atoms with E-state index < -0.39 is 17.7 Å². The molecule has 0 saturated carbocycles. The van der Waals surface area contributed by atoms with Crippen molar-refractivity contribution in [3.63, 3.8) is 0 Å². The lowest BCUT2D eigenvalue weighted by molar-refractivity contribution is -0.141. The summed E-state index contributed by atoms with van der Waals surface area (Å²) < 4.78 is 10.2. The maximum Gasteiger partial charge on any atom is 0.416 e. The van der Waals surface area contributed by atoms with Crippen LogP contribution >= 0.6 is 0 Å². The van der Waals surface area contributed by atoms with E-state index in [9.17, 15) is 29.1 Å². The first kappa shape index (κ1) is 39.8. The van der Waals surface area contributed by atoms with Gasteiger partial charge in [-0.2, -0.15) is 0 Å². The molecule has 0 unspecified atom stereocenters. The van der Waals surface area contributed by atoms with Crippen LogP contribution in [0.25, 0.3) is 21.9 Å². The lowest BCUT2D eigenvalue weighted by Crippen LogP contribution is -2.38. The Hall–Kier alpha value is -5.62. The van der Waals surface area contributed by atoms with Crippen molar-refractivity contribution in [1.82, 2.24) is 15.6 Å². The molecule has 3 aromatic carbocycles. The zero-order valence-electron chi connectivity index (χ0n) is 29.9. The van der Waals surface area contributed by atoms with Crippen LogP contribution in [0.2, 0.25) is 0 Å². The number of nitrogens with one attached hydrogen (secondary N) is 2. The topological polar surface area (TPSA) is 164 Å². The van der Waals surface area contributed by atoms with Crippen LogP contribution in [-0.2, 0) is 23.9 Å². The van der Waals surface area contributed by atoms with Gasteiger partial charge < -0.3 is 30.0 Å². The number of fused-ring (bicyclic) bond motifs is 1. The molecule has 0 aliphatic carbocycles. The molecule has 1 atom stereocenters. The van der Waals surface area contributed by atoms with E-state index in [-0.39, 0.29) is 37.3 Å². The summed E-state index contributed by atoms with van der Waals surface area (Å²) in [4.78, 5) is 62.9. The Morgan fingerprint density at radius 1 is 0.980 bits per heavy atom. The molecule has 51 heavy (non-hydrogen) atoms. The average Bonchev–Trinajstić information content (AvgIpc) is 3.10. The molecule has 0 aliphatic rings. The van der Waals surface area contributed by atoms with Crippen molar-refractivity contribution in [1.29, 1.82) is 0 Å². The number of carbonyl (C=O) groups excluding carboxylic acids is 4. The number of pyridine rings is 1. The number of methoxy groups -OCH3 is 1. The van der Waals surface area contributed by atoms with Crippen molar-refractivity contribution in [2.24, 2.45) is 0 Å². The van der Waals surface area contributed by atoms with Crippen molar-refractivity contribution in [2.45, 2.75) is 58.6 Å². The van der Waals surface area contributed by atoms with Gasteiger partial charge in [0.25, 0.3) is 0 Å². The van der Waals surface area contributed by atoms with Crippen molar-refractivity contribution in [3.8, 4) is 11.1 Å². The van der Waals surface area contributed by atoms with Crippen LogP contribution in [-0.4, -0.2) is 73.2 Å². The fourth-order valence-corrected chi connectivity index (χ4v) is 5.19. The Morgan fingerprint density at radius 2 is 1.67 bits per heavy atom. The number of amides is 2. The maximum absolute atomic E-state index is 12.4. The van der Waals surface area contributed by atoms with Gasteiger partial charge in [-0.3, -0.25) is 14.5 Å². The number of aryl methyl sites for hydroxylation is 1. The molecule has 4 aromatic rings. The second kappa shape index (κ2) is 19.0. The third-order valence-corrected chi connectivity index (χ3v) is 7.69. The highest BCUT2D eigenvalue weighted by atomic mass is 16.6. The number of rotatable bonds is 13. The van der Waals surface area contributed by atoms with E-state index in [2.05, 4.69) is 15.6 Å². The van der Waals surface area contributed by atoms with Crippen molar-refractivity contribution in [2.75, 3.05) is 32.1 Å².